The number of hydrogen-bond donors (Lipinski definition) is 0. The molecule has 2 aromatic rings. The van der Waals surface area contributed by atoms with Crippen molar-refractivity contribution in [1.82, 2.24) is 19.3 Å². The fourth-order valence-electron chi connectivity index (χ4n) is 3.35. The molecule has 0 amide bonds. The van der Waals surface area contributed by atoms with Gasteiger partial charge in [-0.1, -0.05) is 20.8 Å². The van der Waals surface area contributed by atoms with Crippen LogP contribution in [0.5, 0.6) is 0 Å². The number of rotatable bonds is 5. The number of nitrogens with zero attached hydrogens (tertiary/aromatic N) is 4. The molecule has 0 aromatic carbocycles. The summed E-state index contributed by atoms with van der Waals surface area (Å²) in [6, 6.07) is 0. The first-order valence-corrected chi connectivity index (χ1v) is 8.39. The zero-order valence-corrected chi connectivity index (χ0v) is 14.4. The lowest BCUT2D eigenvalue weighted by atomic mass is 9.92. The minimum atomic E-state index is -0.0786. The largest absolute Gasteiger partial charge is 0.311 e. The van der Waals surface area contributed by atoms with Crippen molar-refractivity contribution in [3.63, 3.8) is 0 Å². The molecule has 0 radical (unpaired) electrons. The highest BCUT2D eigenvalue weighted by molar-refractivity contribution is 6.20. The fraction of sp³-hybridized carbons (Fsp3) is 0.750. The van der Waals surface area contributed by atoms with Gasteiger partial charge in [-0.25, -0.2) is 4.98 Å². The number of imidazole rings is 1. The third-order valence-corrected chi connectivity index (χ3v) is 5.30. The third-order valence-electron chi connectivity index (χ3n) is 5.10. The molecule has 0 bridgehead atoms. The quantitative estimate of drug-likeness (QED) is 0.781. The minimum Gasteiger partial charge on any atom is -0.311 e. The molecule has 1 saturated carbocycles. The van der Waals surface area contributed by atoms with Crippen LogP contribution in [0, 0.1) is 11.3 Å². The molecule has 1 unspecified atom stereocenters. The Morgan fingerprint density at radius 1 is 1.29 bits per heavy atom. The first-order chi connectivity index (χ1) is 9.89. The molecule has 5 heteroatoms. The number of fused-ring (bicyclic) bond motifs is 1. The molecule has 0 N–H and O–H groups in total. The zero-order chi connectivity index (χ0) is 15.4. The minimum absolute atomic E-state index is 0.0786. The molecule has 21 heavy (non-hydrogen) atoms. The predicted molar refractivity (Wildman–Crippen MR) is 86.7 cm³/mol. The lowest BCUT2D eigenvalue weighted by Crippen LogP contribution is -2.20. The van der Waals surface area contributed by atoms with Gasteiger partial charge in [0.1, 0.15) is 11.3 Å². The van der Waals surface area contributed by atoms with Gasteiger partial charge in [0.2, 0.25) is 0 Å². The average molecular weight is 309 g/mol. The Balaban J connectivity index is 2.14. The van der Waals surface area contributed by atoms with Gasteiger partial charge in [-0.2, -0.15) is 5.10 Å². The molecule has 2 aromatic heterocycles. The Kier molecular flexibility index (Phi) is 3.55. The monoisotopic (exact) mass is 308 g/mol. The van der Waals surface area contributed by atoms with E-state index in [0.717, 1.165) is 35.6 Å². The lowest BCUT2D eigenvalue weighted by Gasteiger charge is -2.22. The van der Waals surface area contributed by atoms with Gasteiger partial charge in [-0.3, -0.25) is 4.68 Å². The Labute approximate surface area is 131 Å². The first kappa shape index (κ1) is 14.9. The highest BCUT2D eigenvalue weighted by Gasteiger charge is 2.46. The van der Waals surface area contributed by atoms with Crippen molar-refractivity contribution < 1.29 is 0 Å². The van der Waals surface area contributed by atoms with Crippen molar-refractivity contribution in [2.75, 3.05) is 0 Å². The highest BCUT2D eigenvalue weighted by Crippen LogP contribution is 2.53. The van der Waals surface area contributed by atoms with Crippen molar-refractivity contribution in [2.24, 2.45) is 18.4 Å². The molecule has 1 aliphatic carbocycles. The summed E-state index contributed by atoms with van der Waals surface area (Å²) in [6.07, 6.45) is 3.51. The molecule has 3 rings (SSSR count). The van der Waals surface area contributed by atoms with Crippen LogP contribution in [0.4, 0.5) is 0 Å². The molecule has 1 atom stereocenters. The molecule has 0 aliphatic heterocycles. The number of halogens is 1. The van der Waals surface area contributed by atoms with Crippen LogP contribution < -0.4 is 0 Å². The summed E-state index contributed by atoms with van der Waals surface area (Å²) < 4.78 is 4.30. The van der Waals surface area contributed by atoms with E-state index in [1.54, 1.807) is 0 Å². The summed E-state index contributed by atoms with van der Waals surface area (Å²) in [4.78, 5) is 4.82. The van der Waals surface area contributed by atoms with Crippen LogP contribution in [0.25, 0.3) is 11.2 Å². The summed E-state index contributed by atoms with van der Waals surface area (Å²) in [5, 5.41) is 4.54. The molecule has 116 valence electrons. The van der Waals surface area contributed by atoms with Gasteiger partial charge >= 0.3 is 0 Å². The predicted octanol–water partition coefficient (Wildman–Crippen LogP) is 4.07. The number of aromatic nitrogens is 4. The van der Waals surface area contributed by atoms with Crippen LogP contribution in [0.3, 0.4) is 0 Å². The van der Waals surface area contributed by atoms with Crippen molar-refractivity contribution in [3.8, 4) is 0 Å². The van der Waals surface area contributed by atoms with Crippen LogP contribution in [0.15, 0.2) is 0 Å². The summed E-state index contributed by atoms with van der Waals surface area (Å²) in [5.41, 5.74) is 3.65. The Morgan fingerprint density at radius 3 is 2.43 bits per heavy atom. The lowest BCUT2D eigenvalue weighted by molar-refractivity contribution is 0.307. The second-order valence-corrected chi connectivity index (χ2v) is 7.44. The smallest absolute Gasteiger partial charge is 0.158 e. The van der Waals surface area contributed by atoms with Gasteiger partial charge in [0.05, 0.1) is 11.1 Å². The first-order valence-electron chi connectivity index (χ1n) is 7.95. The van der Waals surface area contributed by atoms with E-state index in [9.17, 15) is 0 Å². The molecule has 2 heterocycles. The number of aryl methyl sites for hydroxylation is 2. The second-order valence-electron chi connectivity index (χ2n) is 6.79. The van der Waals surface area contributed by atoms with Gasteiger partial charge in [-0.05, 0) is 37.5 Å². The van der Waals surface area contributed by atoms with Crippen LogP contribution in [0.1, 0.15) is 57.4 Å². The van der Waals surface area contributed by atoms with E-state index in [2.05, 4.69) is 30.4 Å². The Bertz CT molecular complexity index is 661. The van der Waals surface area contributed by atoms with Crippen molar-refractivity contribution in [3.05, 3.63) is 11.5 Å². The van der Waals surface area contributed by atoms with Crippen molar-refractivity contribution in [2.45, 2.75) is 58.9 Å². The van der Waals surface area contributed by atoms with Gasteiger partial charge in [-0.15, -0.1) is 11.6 Å². The third kappa shape index (κ3) is 2.28. The Morgan fingerprint density at radius 2 is 1.95 bits per heavy atom. The normalized spacial score (nSPS) is 18.6. The van der Waals surface area contributed by atoms with E-state index in [0.29, 0.717) is 11.3 Å². The van der Waals surface area contributed by atoms with Crippen molar-refractivity contribution in [1.29, 1.82) is 0 Å². The van der Waals surface area contributed by atoms with Gasteiger partial charge in [0.15, 0.2) is 5.65 Å². The number of alkyl halides is 1. The topological polar surface area (TPSA) is 35.6 Å². The zero-order valence-electron chi connectivity index (χ0n) is 13.6. The summed E-state index contributed by atoms with van der Waals surface area (Å²) in [5.74, 6) is 1.67. The molecular weight excluding hydrogens is 284 g/mol. The number of hydrogen-bond acceptors (Lipinski definition) is 2. The molecule has 4 nitrogen and oxygen atoms in total. The van der Waals surface area contributed by atoms with E-state index in [-0.39, 0.29) is 5.38 Å². The molecule has 0 spiro atoms. The highest BCUT2D eigenvalue weighted by atomic mass is 35.5. The van der Waals surface area contributed by atoms with Crippen LogP contribution in [-0.2, 0) is 20.0 Å². The van der Waals surface area contributed by atoms with Gasteiger partial charge < -0.3 is 4.57 Å². The summed E-state index contributed by atoms with van der Waals surface area (Å²) in [6.45, 7) is 9.79. The van der Waals surface area contributed by atoms with Gasteiger partial charge in [0, 0.05) is 13.6 Å². The average Bonchev–Trinajstić information content (AvgIpc) is 3.00. The molecule has 0 saturated heterocycles. The van der Waals surface area contributed by atoms with Crippen LogP contribution in [-0.4, -0.2) is 19.3 Å². The van der Waals surface area contributed by atoms with E-state index in [4.69, 9.17) is 16.6 Å². The van der Waals surface area contributed by atoms with Crippen LogP contribution >= 0.6 is 11.6 Å². The fourth-order valence-corrected chi connectivity index (χ4v) is 3.52. The van der Waals surface area contributed by atoms with E-state index in [1.807, 2.05) is 18.7 Å². The SMILES string of the molecule is CCc1nn(C)c2c1nc(C(C)Cl)n2CC1(C(C)C)CC1. The summed E-state index contributed by atoms with van der Waals surface area (Å²) in [7, 11) is 2.01. The second kappa shape index (κ2) is 5.01. The van der Waals surface area contributed by atoms with E-state index < -0.39 is 0 Å². The maximum atomic E-state index is 6.40. The molecule has 1 aliphatic rings. The Hall–Kier alpha value is -1.03. The maximum Gasteiger partial charge on any atom is 0.158 e. The standard InChI is InChI=1S/C16H25ClN4/c1-6-12-13-15(20(5)19-12)21(14(18-13)11(4)17)9-16(7-8-16)10(2)3/h10-11H,6-9H2,1-5H3. The van der Waals surface area contributed by atoms with Crippen LogP contribution in [0.2, 0.25) is 0 Å². The van der Waals surface area contributed by atoms with Gasteiger partial charge in [0.25, 0.3) is 0 Å². The van der Waals surface area contributed by atoms with E-state index in [1.165, 1.54) is 12.8 Å². The van der Waals surface area contributed by atoms with E-state index >= 15 is 0 Å². The van der Waals surface area contributed by atoms with Crippen molar-refractivity contribution >= 4 is 22.8 Å². The summed E-state index contributed by atoms with van der Waals surface area (Å²) >= 11 is 6.40. The molecule has 1 fully saturated rings. The maximum absolute atomic E-state index is 6.40. The molecular formula is C16H25ClN4.